The van der Waals surface area contributed by atoms with E-state index >= 15 is 0 Å². The van der Waals surface area contributed by atoms with Gasteiger partial charge in [-0.3, -0.25) is 0 Å². The van der Waals surface area contributed by atoms with Crippen LogP contribution in [0.5, 0.6) is 0 Å². The number of aromatic nitrogens is 2. The largest absolute Gasteiger partial charge is 0.347 e. The summed E-state index contributed by atoms with van der Waals surface area (Å²) in [4.78, 5) is 7.47. The van der Waals surface area contributed by atoms with Gasteiger partial charge in [-0.15, -0.1) is 0 Å². The summed E-state index contributed by atoms with van der Waals surface area (Å²) in [6, 6.07) is 9.59. The second-order valence-electron chi connectivity index (χ2n) is 3.66. The van der Waals surface area contributed by atoms with Gasteiger partial charge in [0.1, 0.15) is 10.5 Å². The zero-order valence-electron chi connectivity index (χ0n) is 8.83. The Labute approximate surface area is 104 Å². The third-order valence-corrected chi connectivity index (χ3v) is 2.63. The van der Waals surface area contributed by atoms with Crippen LogP contribution in [0.3, 0.4) is 0 Å². The first kappa shape index (κ1) is 11.3. The van der Waals surface area contributed by atoms with Crippen molar-refractivity contribution in [3.63, 3.8) is 0 Å². The van der Waals surface area contributed by atoms with Crippen molar-refractivity contribution in [2.75, 3.05) is 0 Å². The third kappa shape index (κ3) is 2.90. The summed E-state index contributed by atoms with van der Waals surface area (Å²) in [5, 5.41) is 0.740. The van der Waals surface area contributed by atoms with E-state index in [1.54, 1.807) is 0 Å². The van der Waals surface area contributed by atoms with Crippen LogP contribution >= 0.6 is 23.8 Å². The molecule has 82 valence electrons. The minimum absolute atomic E-state index is 0.619. The smallest absolute Gasteiger partial charge is 0.129 e. The molecular formula is C12H11ClN2S. The van der Waals surface area contributed by atoms with Gasteiger partial charge in [0, 0.05) is 17.1 Å². The Kier molecular flexibility index (Phi) is 3.36. The molecule has 0 atom stereocenters. The molecule has 0 amide bonds. The first-order valence-electron chi connectivity index (χ1n) is 4.95. The zero-order chi connectivity index (χ0) is 11.5. The molecule has 0 spiro atoms. The molecule has 0 radical (unpaired) electrons. The highest BCUT2D eigenvalue weighted by Gasteiger charge is 1.99. The van der Waals surface area contributed by atoms with E-state index in [2.05, 4.69) is 9.97 Å². The maximum absolute atomic E-state index is 5.92. The van der Waals surface area contributed by atoms with Crippen LogP contribution in [0.2, 0.25) is 5.02 Å². The molecule has 0 aliphatic heterocycles. The van der Waals surface area contributed by atoms with E-state index in [0.717, 1.165) is 22.1 Å². The van der Waals surface area contributed by atoms with Crippen molar-refractivity contribution in [1.29, 1.82) is 0 Å². The SMILES string of the molecule is Cc1cc(=S)nc(Cc2cccc(Cl)c2)[nH]1. The van der Waals surface area contributed by atoms with Crippen LogP contribution in [0.4, 0.5) is 0 Å². The third-order valence-electron chi connectivity index (χ3n) is 2.19. The minimum Gasteiger partial charge on any atom is -0.347 e. The van der Waals surface area contributed by atoms with Gasteiger partial charge in [0.05, 0.1) is 0 Å². The number of hydrogen-bond acceptors (Lipinski definition) is 2. The number of hydrogen-bond donors (Lipinski definition) is 1. The van der Waals surface area contributed by atoms with Crippen LogP contribution in [0.15, 0.2) is 30.3 Å². The fraction of sp³-hybridized carbons (Fsp3) is 0.167. The van der Waals surface area contributed by atoms with Gasteiger partial charge < -0.3 is 4.98 Å². The van der Waals surface area contributed by atoms with Crippen LogP contribution in [0, 0.1) is 11.6 Å². The molecule has 2 aromatic rings. The molecule has 16 heavy (non-hydrogen) atoms. The molecule has 1 N–H and O–H groups in total. The summed E-state index contributed by atoms with van der Waals surface area (Å²) in [5.41, 5.74) is 2.15. The van der Waals surface area contributed by atoms with Crippen molar-refractivity contribution >= 4 is 23.8 Å². The van der Waals surface area contributed by atoms with Gasteiger partial charge in [-0.25, -0.2) is 4.98 Å². The van der Waals surface area contributed by atoms with Gasteiger partial charge >= 0.3 is 0 Å². The van der Waals surface area contributed by atoms with Crippen molar-refractivity contribution in [1.82, 2.24) is 9.97 Å². The molecule has 1 heterocycles. The molecule has 0 bridgehead atoms. The molecule has 0 aliphatic carbocycles. The molecule has 2 rings (SSSR count). The maximum Gasteiger partial charge on any atom is 0.129 e. The lowest BCUT2D eigenvalue weighted by molar-refractivity contribution is 0.935. The van der Waals surface area contributed by atoms with Crippen molar-refractivity contribution < 1.29 is 0 Å². The fourth-order valence-electron chi connectivity index (χ4n) is 1.57. The molecule has 1 aromatic heterocycles. The van der Waals surface area contributed by atoms with Crippen molar-refractivity contribution in [3.8, 4) is 0 Å². The second kappa shape index (κ2) is 4.76. The van der Waals surface area contributed by atoms with E-state index in [0.29, 0.717) is 11.1 Å². The van der Waals surface area contributed by atoms with Crippen LogP contribution in [-0.2, 0) is 6.42 Å². The lowest BCUT2D eigenvalue weighted by atomic mass is 10.1. The number of aryl methyl sites for hydroxylation is 1. The normalized spacial score (nSPS) is 10.4. The highest BCUT2D eigenvalue weighted by atomic mass is 35.5. The topological polar surface area (TPSA) is 28.7 Å². The molecule has 4 heteroatoms. The van der Waals surface area contributed by atoms with Crippen molar-refractivity contribution in [3.05, 3.63) is 57.1 Å². The highest BCUT2D eigenvalue weighted by Crippen LogP contribution is 2.13. The number of halogens is 1. The Morgan fingerprint density at radius 1 is 1.38 bits per heavy atom. The quantitative estimate of drug-likeness (QED) is 0.824. The first-order chi connectivity index (χ1) is 7.63. The Morgan fingerprint density at radius 3 is 2.88 bits per heavy atom. The van der Waals surface area contributed by atoms with E-state index in [9.17, 15) is 0 Å². The lowest BCUT2D eigenvalue weighted by Gasteiger charge is -2.03. The summed E-state index contributed by atoms with van der Waals surface area (Å²) in [7, 11) is 0. The molecule has 1 aromatic carbocycles. The number of aromatic amines is 1. The predicted molar refractivity (Wildman–Crippen MR) is 68.4 cm³/mol. The molecule has 2 nitrogen and oxygen atoms in total. The Hall–Kier alpha value is -1.19. The fourth-order valence-corrected chi connectivity index (χ4v) is 2.07. The van der Waals surface area contributed by atoms with Gasteiger partial charge in [0.15, 0.2) is 0 Å². The van der Waals surface area contributed by atoms with Crippen molar-refractivity contribution in [2.24, 2.45) is 0 Å². The van der Waals surface area contributed by atoms with E-state index in [4.69, 9.17) is 23.8 Å². The number of H-pyrrole nitrogens is 1. The maximum atomic E-state index is 5.92. The van der Waals surface area contributed by atoms with Crippen LogP contribution in [-0.4, -0.2) is 9.97 Å². The van der Waals surface area contributed by atoms with Gasteiger partial charge in [-0.2, -0.15) is 0 Å². The number of nitrogens with zero attached hydrogens (tertiary/aromatic N) is 1. The predicted octanol–water partition coefficient (Wildman–Crippen LogP) is 3.69. The van der Waals surface area contributed by atoms with Gasteiger partial charge in [-0.1, -0.05) is 36.0 Å². The molecule has 0 saturated heterocycles. The van der Waals surface area contributed by atoms with Crippen molar-refractivity contribution in [2.45, 2.75) is 13.3 Å². The second-order valence-corrected chi connectivity index (χ2v) is 4.51. The summed E-state index contributed by atoms with van der Waals surface area (Å²) in [5.74, 6) is 0.868. The zero-order valence-corrected chi connectivity index (χ0v) is 10.4. The van der Waals surface area contributed by atoms with Gasteiger partial charge in [-0.05, 0) is 30.7 Å². The molecule has 0 fully saturated rings. The molecule has 0 saturated carbocycles. The summed E-state index contributed by atoms with van der Waals surface area (Å²) in [6.07, 6.45) is 0.714. The monoisotopic (exact) mass is 250 g/mol. The van der Waals surface area contributed by atoms with Crippen LogP contribution in [0.25, 0.3) is 0 Å². The van der Waals surface area contributed by atoms with Gasteiger partial charge in [0.2, 0.25) is 0 Å². The molecular weight excluding hydrogens is 240 g/mol. The number of rotatable bonds is 2. The van der Waals surface area contributed by atoms with Gasteiger partial charge in [0.25, 0.3) is 0 Å². The van der Waals surface area contributed by atoms with Crippen LogP contribution in [0.1, 0.15) is 17.1 Å². The van der Waals surface area contributed by atoms with E-state index in [1.807, 2.05) is 37.3 Å². The Bertz CT molecular complexity index is 563. The summed E-state index contributed by atoms with van der Waals surface area (Å²) >= 11 is 11.0. The number of benzene rings is 1. The average Bonchev–Trinajstić information content (AvgIpc) is 2.15. The van der Waals surface area contributed by atoms with E-state index < -0.39 is 0 Å². The average molecular weight is 251 g/mol. The number of nitrogens with one attached hydrogen (secondary N) is 1. The standard InChI is InChI=1S/C12H11ClN2S/c1-8-5-12(16)15-11(14-8)7-9-3-2-4-10(13)6-9/h2-6H,7H2,1H3,(H,14,15,16). The first-order valence-corrected chi connectivity index (χ1v) is 5.73. The van der Waals surface area contributed by atoms with E-state index in [-0.39, 0.29) is 0 Å². The molecule has 0 unspecified atom stereocenters. The summed E-state index contributed by atoms with van der Waals surface area (Å²) in [6.45, 7) is 1.97. The van der Waals surface area contributed by atoms with Crippen LogP contribution < -0.4 is 0 Å². The lowest BCUT2D eigenvalue weighted by Crippen LogP contribution is -1.98. The Balaban J connectivity index is 2.30. The summed E-state index contributed by atoms with van der Waals surface area (Å²) < 4.78 is 0.619. The highest BCUT2D eigenvalue weighted by molar-refractivity contribution is 7.71. The van der Waals surface area contributed by atoms with E-state index in [1.165, 1.54) is 0 Å². The molecule has 0 aliphatic rings. The minimum atomic E-state index is 0.619. The Morgan fingerprint density at radius 2 is 2.19 bits per heavy atom.